The minimum atomic E-state index is 0.169. The third-order valence-electron chi connectivity index (χ3n) is 2.52. The van der Waals surface area contributed by atoms with Gasteiger partial charge in [-0.25, -0.2) is 0 Å². The first kappa shape index (κ1) is 4.77. The van der Waals surface area contributed by atoms with Crippen LogP contribution in [-0.2, 0) is 0 Å². The molecule has 3 aliphatic carbocycles. The largest absolute Gasteiger partial charge is 0.396 e. The predicted octanol–water partition coefficient (Wildman–Crippen LogP) is -0.140. The predicted molar refractivity (Wildman–Crippen MR) is 30.3 cm³/mol. The van der Waals surface area contributed by atoms with Crippen molar-refractivity contribution >= 4 is 0 Å². The van der Waals surface area contributed by atoms with Gasteiger partial charge >= 0.3 is 0 Å². The van der Waals surface area contributed by atoms with E-state index in [0.717, 1.165) is 19.3 Å². The maximum Gasteiger partial charge on any atom is 0.0489 e. The smallest absolute Gasteiger partial charge is 0.0489 e. The van der Waals surface area contributed by atoms with E-state index in [1.807, 2.05) is 0 Å². The van der Waals surface area contributed by atoms with Crippen LogP contribution in [0.25, 0.3) is 0 Å². The Kier molecular flexibility index (Phi) is 0.570. The molecule has 0 heterocycles. The number of hydrogen-bond donors (Lipinski definition) is 2. The zero-order valence-electron chi connectivity index (χ0n) is 4.85. The molecule has 0 spiro atoms. The van der Waals surface area contributed by atoms with Crippen molar-refractivity contribution in [2.45, 2.75) is 24.8 Å². The lowest BCUT2D eigenvalue weighted by atomic mass is 9.40. The summed E-state index contributed by atoms with van der Waals surface area (Å²) in [7, 11) is 0. The van der Waals surface area contributed by atoms with Crippen molar-refractivity contribution in [3.63, 3.8) is 0 Å². The highest BCUT2D eigenvalue weighted by atomic mass is 16.3. The first-order valence-electron chi connectivity index (χ1n) is 3.08. The highest BCUT2D eigenvalue weighted by Crippen LogP contribution is 2.65. The van der Waals surface area contributed by atoms with Crippen molar-refractivity contribution in [1.82, 2.24) is 0 Å². The minimum Gasteiger partial charge on any atom is -0.396 e. The Bertz CT molecular complexity index is 113. The summed E-state index contributed by atoms with van der Waals surface area (Å²) in [5, 5.41) is 8.74. The van der Waals surface area contributed by atoms with Crippen LogP contribution in [0.2, 0.25) is 0 Å². The van der Waals surface area contributed by atoms with Gasteiger partial charge in [0.15, 0.2) is 0 Å². The van der Waals surface area contributed by atoms with Gasteiger partial charge in [0.05, 0.1) is 0 Å². The molecule has 0 saturated heterocycles. The Labute approximate surface area is 48.7 Å². The Morgan fingerprint density at radius 1 is 1.38 bits per heavy atom. The molecule has 0 amide bonds. The molecule has 0 aliphatic heterocycles. The Morgan fingerprint density at radius 2 is 1.88 bits per heavy atom. The van der Waals surface area contributed by atoms with Crippen LogP contribution in [0.15, 0.2) is 0 Å². The summed E-state index contributed by atoms with van der Waals surface area (Å²) in [4.78, 5) is 0. The Hall–Kier alpha value is -0.0800. The number of aliphatic hydroxyl groups is 1. The zero-order chi connectivity index (χ0) is 5.83. The molecular weight excluding hydrogens is 102 g/mol. The zero-order valence-corrected chi connectivity index (χ0v) is 4.85. The molecule has 0 unspecified atom stereocenters. The lowest BCUT2D eigenvalue weighted by molar-refractivity contribution is -0.158. The summed E-state index contributed by atoms with van der Waals surface area (Å²) in [6, 6.07) is 0. The van der Waals surface area contributed by atoms with Crippen LogP contribution < -0.4 is 5.73 Å². The Balaban J connectivity index is 2.04. The molecule has 2 heteroatoms. The fourth-order valence-corrected chi connectivity index (χ4v) is 2.25. The van der Waals surface area contributed by atoms with Gasteiger partial charge in [-0.05, 0) is 24.7 Å². The van der Waals surface area contributed by atoms with E-state index in [0.29, 0.717) is 12.0 Å². The van der Waals surface area contributed by atoms with Crippen molar-refractivity contribution in [2.24, 2.45) is 11.1 Å². The fourth-order valence-electron chi connectivity index (χ4n) is 2.25. The molecule has 0 aromatic carbocycles. The third-order valence-corrected chi connectivity index (χ3v) is 2.52. The van der Waals surface area contributed by atoms with Gasteiger partial charge in [0.2, 0.25) is 0 Å². The van der Waals surface area contributed by atoms with E-state index < -0.39 is 0 Å². The van der Waals surface area contributed by atoms with E-state index in [2.05, 4.69) is 0 Å². The summed E-state index contributed by atoms with van der Waals surface area (Å²) >= 11 is 0. The summed E-state index contributed by atoms with van der Waals surface area (Å²) in [6.07, 6.45) is 3.20. The Morgan fingerprint density at radius 3 is 2.00 bits per heavy atom. The quantitative estimate of drug-likeness (QED) is 0.497. The molecule has 0 aromatic rings. The maximum atomic E-state index is 8.74. The molecule has 3 N–H and O–H groups in total. The molecule has 2 bridgehead atoms. The summed E-state index contributed by atoms with van der Waals surface area (Å²) in [5.41, 5.74) is 6.21. The SMILES string of the molecule is NC12CC(CO)(C1)C2. The van der Waals surface area contributed by atoms with Gasteiger partial charge in [0.1, 0.15) is 0 Å². The van der Waals surface area contributed by atoms with E-state index in [1.165, 1.54) is 0 Å². The van der Waals surface area contributed by atoms with Gasteiger partial charge in [-0.15, -0.1) is 0 Å². The van der Waals surface area contributed by atoms with E-state index in [1.54, 1.807) is 0 Å². The van der Waals surface area contributed by atoms with Crippen LogP contribution in [0.4, 0.5) is 0 Å². The van der Waals surface area contributed by atoms with Crippen LogP contribution in [0.5, 0.6) is 0 Å². The van der Waals surface area contributed by atoms with Crippen LogP contribution in [0, 0.1) is 5.41 Å². The van der Waals surface area contributed by atoms with Crippen LogP contribution >= 0.6 is 0 Å². The molecule has 3 saturated carbocycles. The second-order valence-electron chi connectivity index (χ2n) is 3.55. The van der Waals surface area contributed by atoms with Gasteiger partial charge in [-0.1, -0.05) is 0 Å². The number of nitrogens with two attached hydrogens (primary N) is 1. The first-order chi connectivity index (χ1) is 3.68. The average Bonchev–Trinajstić information content (AvgIpc) is 1.55. The molecule has 0 atom stereocenters. The van der Waals surface area contributed by atoms with E-state index >= 15 is 0 Å². The molecule has 0 radical (unpaired) electrons. The van der Waals surface area contributed by atoms with Gasteiger partial charge in [0, 0.05) is 12.1 Å². The summed E-state index contributed by atoms with van der Waals surface area (Å²) in [5.74, 6) is 0. The van der Waals surface area contributed by atoms with Crippen molar-refractivity contribution < 1.29 is 5.11 Å². The van der Waals surface area contributed by atoms with Crippen LogP contribution in [0.3, 0.4) is 0 Å². The lowest BCUT2D eigenvalue weighted by Crippen LogP contribution is -2.73. The van der Waals surface area contributed by atoms with Crippen molar-refractivity contribution in [1.29, 1.82) is 0 Å². The standard InChI is InChI=1S/C6H11NO/c7-6-1-5(2-6,3-6)4-8/h8H,1-4,7H2. The number of rotatable bonds is 1. The minimum absolute atomic E-state index is 0.169. The topological polar surface area (TPSA) is 46.2 Å². The van der Waals surface area contributed by atoms with Gasteiger partial charge < -0.3 is 10.8 Å². The van der Waals surface area contributed by atoms with Crippen LogP contribution in [-0.4, -0.2) is 17.3 Å². The van der Waals surface area contributed by atoms with E-state index in [9.17, 15) is 0 Å². The normalized spacial score (nSPS) is 59.2. The second-order valence-corrected chi connectivity index (χ2v) is 3.55. The van der Waals surface area contributed by atoms with E-state index in [4.69, 9.17) is 10.8 Å². The average molecular weight is 113 g/mol. The number of aliphatic hydroxyl groups excluding tert-OH is 1. The monoisotopic (exact) mass is 113 g/mol. The molecule has 3 fully saturated rings. The van der Waals surface area contributed by atoms with E-state index in [-0.39, 0.29) is 5.54 Å². The van der Waals surface area contributed by atoms with Crippen LogP contribution in [0.1, 0.15) is 19.3 Å². The van der Waals surface area contributed by atoms with Crippen molar-refractivity contribution in [2.75, 3.05) is 6.61 Å². The molecule has 2 nitrogen and oxygen atoms in total. The second kappa shape index (κ2) is 0.957. The summed E-state index contributed by atoms with van der Waals surface area (Å²) in [6.45, 7) is 0.353. The molecule has 46 valence electrons. The third kappa shape index (κ3) is 0.327. The summed E-state index contributed by atoms with van der Waals surface area (Å²) < 4.78 is 0. The van der Waals surface area contributed by atoms with Gasteiger partial charge in [-0.2, -0.15) is 0 Å². The highest BCUT2D eigenvalue weighted by molar-refractivity contribution is 5.21. The fraction of sp³-hybridized carbons (Fsp3) is 1.00. The maximum absolute atomic E-state index is 8.74. The van der Waals surface area contributed by atoms with Crippen molar-refractivity contribution in [3.8, 4) is 0 Å². The lowest BCUT2D eigenvalue weighted by Gasteiger charge is -2.68. The first-order valence-corrected chi connectivity index (χ1v) is 3.08. The number of hydrogen-bond acceptors (Lipinski definition) is 2. The highest BCUT2D eigenvalue weighted by Gasteiger charge is 2.65. The van der Waals surface area contributed by atoms with Gasteiger partial charge in [0.25, 0.3) is 0 Å². The van der Waals surface area contributed by atoms with Crippen molar-refractivity contribution in [3.05, 3.63) is 0 Å². The molecule has 0 aromatic heterocycles. The molecular formula is C6H11NO. The molecule has 8 heavy (non-hydrogen) atoms. The molecule has 3 aliphatic rings. The molecule has 3 rings (SSSR count). The van der Waals surface area contributed by atoms with Gasteiger partial charge in [-0.3, -0.25) is 0 Å².